The van der Waals surface area contributed by atoms with E-state index in [0.29, 0.717) is 0 Å². The molecule has 0 unspecified atom stereocenters. The van der Waals surface area contributed by atoms with Gasteiger partial charge in [-0.05, 0) is 320 Å². The monoisotopic (exact) mass is 1820 g/mol. The van der Waals surface area contributed by atoms with Gasteiger partial charge in [0, 0.05) is 51.2 Å². The van der Waals surface area contributed by atoms with Gasteiger partial charge in [-0.25, -0.2) is 0 Å². The van der Waals surface area contributed by atoms with E-state index < -0.39 is 0 Å². The number of hydrogen-bond donors (Lipinski definition) is 0. The molecule has 0 aliphatic heterocycles. The first-order valence-electron chi connectivity index (χ1n) is 49.1. The molecule has 3 nitrogen and oxygen atoms in total. The van der Waals surface area contributed by atoms with Crippen LogP contribution >= 0.6 is 0 Å². The van der Waals surface area contributed by atoms with Gasteiger partial charge >= 0.3 is 0 Å². The SMILES string of the molecule is c1ccc(-c2ccc(N(c3ccc(-c4ccc5ccccc5c4)cc3)c3ccc(-c4cc5ccccc5c5ccccc45)cc3)cc2)cc1.c1ccc(-c2ccc(N(c3ccc(-c4cccc5ccccc45)cc3)c3ccc(-c4cc5ccccc5c5ccccc45)cc3)cc2)cc1.c1ccc(-c2ccc(N(c3ccc(-c4ccccc4)cc3)c3ccc(-c4cc5ccccc5c5ccccc45)cc3)cc2)cc1. The van der Waals surface area contributed by atoms with Crippen molar-refractivity contribution in [2.24, 2.45) is 0 Å². The molecule has 0 atom stereocenters. The molecule has 3 heteroatoms. The Bertz CT molecular complexity index is 8940. The third-order valence-electron chi connectivity index (χ3n) is 28.0. The van der Waals surface area contributed by atoms with Crippen LogP contribution in [0.2, 0.25) is 0 Å². The summed E-state index contributed by atoms with van der Waals surface area (Å²) in [6, 6.07) is 212. The predicted molar refractivity (Wildman–Crippen MR) is 612 cm³/mol. The molecular formula is C140H97N3. The van der Waals surface area contributed by atoms with Crippen molar-refractivity contribution in [1.82, 2.24) is 0 Å². The van der Waals surface area contributed by atoms with Crippen LogP contribution in [0.3, 0.4) is 0 Å². The maximum atomic E-state index is 2.35. The summed E-state index contributed by atoms with van der Waals surface area (Å²) in [5.74, 6) is 0. The van der Waals surface area contributed by atoms with Gasteiger partial charge in [-0.3, -0.25) is 0 Å². The zero-order chi connectivity index (χ0) is 95.1. The summed E-state index contributed by atoms with van der Waals surface area (Å²) in [5.41, 5.74) is 31.9. The van der Waals surface area contributed by atoms with Crippen molar-refractivity contribution in [2.45, 2.75) is 0 Å². The number of nitrogens with zero attached hydrogens (tertiary/aromatic N) is 3. The van der Waals surface area contributed by atoms with Gasteiger partial charge in [0.15, 0.2) is 0 Å². The average Bonchev–Trinajstić information content (AvgIpc) is 0.763. The number of hydrogen-bond acceptors (Lipinski definition) is 3. The van der Waals surface area contributed by atoms with Crippen molar-refractivity contribution in [2.75, 3.05) is 14.7 Å². The molecule has 0 amide bonds. The van der Waals surface area contributed by atoms with Crippen molar-refractivity contribution in [1.29, 1.82) is 0 Å². The highest BCUT2D eigenvalue weighted by molar-refractivity contribution is 6.17. The lowest BCUT2D eigenvalue weighted by molar-refractivity contribution is 1.28. The fraction of sp³-hybridized carbons (Fsp3) is 0. The summed E-state index contributed by atoms with van der Waals surface area (Å²) in [7, 11) is 0. The minimum Gasteiger partial charge on any atom is -0.311 e. The highest BCUT2D eigenvalue weighted by Crippen LogP contribution is 2.47. The molecule has 143 heavy (non-hydrogen) atoms. The highest BCUT2D eigenvalue weighted by Gasteiger charge is 2.22. The van der Waals surface area contributed by atoms with Crippen LogP contribution in [0.4, 0.5) is 51.2 Å². The lowest BCUT2D eigenvalue weighted by atomic mass is 9.93. The van der Waals surface area contributed by atoms with Crippen molar-refractivity contribution < 1.29 is 0 Å². The molecule has 672 valence electrons. The van der Waals surface area contributed by atoms with E-state index in [-0.39, 0.29) is 0 Å². The van der Waals surface area contributed by atoms with Gasteiger partial charge in [-0.2, -0.15) is 0 Å². The maximum Gasteiger partial charge on any atom is 0.0462 e. The van der Waals surface area contributed by atoms with Crippen molar-refractivity contribution in [3.63, 3.8) is 0 Å². The molecule has 26 aromatic rings. The average molecular weight is 1820 g/mol. The standard InChI is InChI=1S/2C48H33N.C44H31N/c1-2-11-34(12-3-1)35-21-27-40(28-22-35)49(41-29-23-37(24-30-41)44-20-10-15-36-13-4-6-16-43(36)44)42-31-25-38(26-32-42)48-33-39-14-5-7-17-45(39)46-18-8-9-19-47(46)48;1-2-10-34(11-3-1)36-20-26-42(27-21-36)49(43-28-22-37(23-29-43)40-19-18-35-12-4-5-13-39(35)32-40)44-30-24-38(25-31-44)48-33-41-14-6-7-15-45(41)46-16-8-9-17-47(46)48;1-3-11-32(12-4-1)34-19-25-38(26-20-34)45(39-27-21-35(22-28-39)33-13-5-2-6-14-33)40-29-23-36(24-30-40)44-31-37-15-7-8-16-41(37)42-17-9-10-18-43(42)44/h2*1-33H;1-31H. The van der Waals surface area contributed by atoms with Crippen LogP contribution < -0.4 is 14.7 Å². The summed E-state index contributed by atoms with van der Waals surface area (Å²) in [6.45, 7) is 0. The Hall–Kier alpha value is -18.8. The number of rotatable bonds is 18. The van der Waals surface area contributed by atoms with E-state index in [0.717, 1.165) is 51.2 Å². The number of anilines is 9. The summed E-state index contributed by atoms with van der Waals surface area (Å²) in [6.07, 6.45) is 0. The van der Waals surface area contributed by atoms with Gasteiger partial charge in [0.25, 0.3) is 0 Å². The third kappa shape index (κ3) is 17.9. The molecule has 0 bridgehead atoms. The zero-order valence-corrected chi connectivity index (χ0v) is 78.8. The van der Waals surface area contributed by atoms with E-state index in [9.17, 15) is 0 Å². The highest BCUT2D eigenvalue weighted by atomic mass is 15.2. The van der Waals surface area contributed by atoms with E-state index in [1.807, 2.05) is 0 Å². The first-order chi connectivity index (χ1) is 70.9. The quantitative estimate of drug-likeness (QED) is 0.0793. The van der Waals surface area contributed by atoms with E-state index in [2.05, 4.69) is 603 Å². The van der Waals surface area contributed by atoms with Crippen LogP contribution in [-0.4, -0.2) is 0 Å². The molecule has 0 saturated heterocycles. The van der Waals surface area contributed by atoms with E-state index in [4.69, 9.17) is 0 Å². The minimum absolute atomic E-state index is 1.11. The van der Waals surface area contributed by atoms with Crippen molar-refractivity contribution in [3.8, 4) is 100 Å². The topological polar surface area (TPSA) is 9.72 Å². The van der Waals surface area contributed by atoms with Crippen molar-refractivity contribution >= 4 is 137 Å². The van der Waals surface area contributed by atoms with Gasteiger partial charge < -0.3 is 14.7 Å². The molecular weight excluding hydrogens is 1720 g/mol. The lowest BCUT2D eigenvalue weighted by Gasteiger charge is -2.26. The van der Waals surface area contributed by atoms with Gasteiger partial charge in [0.05, 0.1) is 0 Å². The van der Waals surface area contributed by atoms with Crippen LogP contribution in [0.25, 0.3) is 186 Å². The molecule has 0 aliphatic rings. The third-order valence-corrected chi connectivity index (χ3v) is 28.0. The lowest BCUT2D eigenvalue weighted by Crippen LogP contribution is -2.09. The molecule has 0 saturated carbocycles. The van der Waals surface area contributed by atoms with E-state index in [1.54, 1.807) is 0 Å². The van der Waals surface area contributed by atoms with Crippen molar-refractivity contribution in [3.05, 3.63) is 588 Å². The van der Waals surface area contributed by atoms with Crippen LogP contribution in [0.1, 0.15) is 0 Å². The second kappa shape index (κ2) is 39.4. The van der Waals surface area contributed by atoms with Gasteiger partial charge in [0.2, 0.25) is 0 Å². The van der Waals surface area contributed by atoms with Crippen LogP contribution in [0.5, 0.6) is 0 Å². The first kappa shape index (κ1) is 87.0. The molecule has 0 heterocycles. The summed E-state index contributed by atoms with van der Waals surface area (Å²) in [5, 5.41) is 20.3. The Morgan fingerprint density at radius 3 is 0.559 bits per heavy atom. The molecule has 26 rings (SSSR count). The van der Waals surface area contributed by atoms with E-state index >= 15 is 0 Å². The first-order valence-corrected chi connectivity index (χ1v) is 49.1. The number of benzene rings is 26. The zero-order valence-electron chi connectivity index (χ0n) is 78.8. The van der Waals surface area contributed by atoms with Gasteiger partial charge in [-0.1, -0.05) is 455 Å². The summed E-state index contributed by atoms with van der Waals surface area (Å²) in [4.78, 5) is 7.04. The molecule has 0 spiro atoms. The van der Waals surface area contributed by atoms with Crippen LogP contribution in [-0.2, 0) is 0 Å². The largest absolute Gasteiger partial charge is 0.311 e. The predicted octanol–water partition coefficient (Wildman–Crippen LogP) is 39.7. The molecule has 26 aromatic carbocycles. The fourth-order valence-electron chi connectivity index (χ4n) is 20.8. The Morgan fingerprint density at radius 2 is 0.273 bits per heavy atom. The Kier molecular flexibility index (Phi) is 23.9. The smallest absolute Gasteiger partial charge is 0.0462 e. The van der Waals surface area contributed by atoms with E-state index in [1.165, 1.54) is 186 Å². The fourth-order valence-corrected chi connectivity index (χ4v) is 20.8. The Labute approximate surface area is 834 Å². The summed E-state index contributed by atoms with van der Waals surface area (Å²) < 4.78 is 0. The Balaban J connectivity index is 0.000000116. The number of fused-ring (bicyclic) bond motifs is 11. The molecule has 0 N–H and O–H groups in total. The second-order valence-corrected chi connectivity index (χ2v) is 36.6. The van der Waals surface area contributed by atoms with Crippen LogP contribution in [0, 0.1) is 0 Å². The maximum absolute atomic E-state index is 2.35. The van der Waals surface area contributed by atoms with Gasteiger partial charge in [0.1, 0.15) is 0 Å². The molecule has 0 aromatic heterocycles. The Morgan fingerprint density at radius 1 is 0.0839 bits per heavy atom. The van der Waals surface area contributed by atoms with Gasteiger partial charge in [-0.15, -0.1) is 0 Å². The molecule has 0 aliphatic carbocycles. The molecule has 0 radical (unpaired) electrons. The summed E-state index contributed by atoms with van der Waals surface area (Å²) >= 11 is 0. The second-order valence-electron chi connectivity index (χ2n) is 36.6. The van der Waals surface area contributed by atoms with Crippen LogP contribution in [0.15, 0.2) is 588 Å². The molecule has 0 fully saturated rings. The minimum atomic E-state index is 1.11. The normalized spacial score (nSPS) is 11.2.